The average molecular weight is 247 g/mol. The molecule has 0 bridgehead atoms. The molecular formula is C15H25N3. The summed E-state index contributed by atoms with van der Waals surface area (Å²) in [5, 5.41) is 3.30. The van der Waals surface area contributed by atoms with Crippen molar-refractivity contribution < 1.29 is 0 Å². The molecule has 3 heteroatoms. The van der Waals surface area contributed by atoms with Gasteiger partial charge < -0.3 is 10.2 Å². The fourth-order valence-corrected chi connectivity index (χ4v) is 2.62. The molecular weight excluding hydrogens is 222 g/mol. The molecule has 0 amide bonds. The SMILES string of the molecule is CCC(NC)c1ccc(N2CCC(C)CC2)cn1. The van der Waals surface area contributed by atoms with Gasteiger partial charge in [0.25, 0.3) is 0 Å². The lowest BCUT2D eigenvalue weighted by atomic mass is 9.99. The fraction of sp³-hybridized carbons (Fsp3) is 0.667. The van der Waals surface area contributed by atoms with Crippen molar-refractivity contribution in [1.29, 1.82) is 0 Å². The number of hydrogen-bond donors (Lipinski definition) is 1. The maximum Gasteiger partial charge on any atom is 0.0574 e. The molecule has 2 rings (SSSR count). The van der Waals surface area contributed by atoms with Gasteiger partial charge in [0.1, 0.15) is 0 Å². The van der Waals surface area contributed by atoms with Crippen molar-refractivity contribution in [1.82, 2.24) is 10.3 Å². The van der Waals surface area contributed by atoms with E-state index < -0.39 is 0 Å². The average Bonchev–Trinajstić information content (AvgIpc) is 2.42. The molecule has 1 saturated heterocycles. The van der Waals surface area contributed by atoms with Crippen molar-refractivity contribution in [2.45, 2.75) is 39.2 Å². The first-order chi connectivity index (χ1) is 8.74. The maximum atomic E-state index is 4.61. The highest BCUT2D eigenvalue weighted by atomic mass is 15.1. The Bertz CT molecular complexity index is 349. The minimum Gasteiger partial charge on any atom is -0.370 e. The fourth-order valence-electron chi connectivity index (χ4n) is 2.62. The molecule has 0 aromatic carbocycles. The number of pyridine rings is 1. The van der Waals surface area contributed by atoms with Gasteiger partial charge in [-0.2, -0.15) is 0 Å². The van der Waals surface area contributed by atoms with Crippen LogP contribution in [0.4, 0.5) is 5.69 Å². The highest BCUT2D eigenvalue weighted by molar-refractivity contribution is 5.45. The zero-order chi connectivity index (χ0) is 13.0. The van der Waals surface area contributed by atoms with Crippen LogP contribution in [0, 0.1) is 5.92 Å². The summed E-state index contributed by atoms with van der Waals surface area (Å²) in [5.74, 6) is 0.877. The predicted molar refractivity (Wildman–Crippen MR) is 76.9 cm³/mol. The van der Waals surface area contributed by atoms with Gasteiger partial charge in [0.05, 0.1) is 17.6 Å². The molecule has 1 aromatic rings. The molecule has 0 spiro atoms. The molecule has 1 N–H and O–H groups in total. The Morgan fingerprint density at radius 2 is 2.11 bits per heavy atom. The van der Waals surface area contributed by atoms with E-state index in [1.165, 1.54) is 31.6 Å². The molecule has 1 atom stereocenters. The van der Waals surface area contributed by atoms with Crippen molar-refractivity contribution in [3.8, 4) is 0 Å². The van der Waals surface area contributed by atoms with E-state index in [9.17, 15) is 0 Å². The van der Waals surface area contributed by atoms with E-state index in [2.05, 4.69) is 41.2 Å². The van der Waals surface area contributed by atoms with Gasteiger partial charge in [-0.05, 0) is 44.4 Å². The van der Waals surface area contributed by atoms with Crippen LogP contribution in [0.3, 0.4) is 0 Å². The summed E-state index contributed by atoms with van der Waals surface area (Å²) >= 11 is 0. The highest BCUT2D eigenvalue weighted by Gasteiger charge is 2.16. The first-order valence-electron chi connectivity index (χ1n) is 7.12. The van der Waals surface area contributed by atoms with Crippen molar-refractivity contribution in [3.63, 3.8) is 0 Å². The highest BCUT2D eigenvalue weighted by Crippen LogP contribution is 2.23. The Kier molecular flexibility index (Phi) is 4.59. The van der Waals surface area contributed by atoms with Gasteiger partial charge in [0, 0.05) is 19.1 Å². The lowest BCUT2D eigenvalue weighted by Crippen LogP contribution is -2.32. The first-order valence-corrected chi connectivity index (χ1v) is 7.12. The van der Waals surface area contributed by atoms with E-state index in [-0.39, 0.29) is 0 Å². The Morgan fingerprint density at radius 1 is 1.39 bits per heavy atom. The Hall–Kier alpha value is -1.09. The van der Waals surface area contributed by atoms with Gasteiger partial charge in [-0.3, -0.25) is 4.98 Å². The lowest BCUT2D eigenvalue weighted by Gasteiger charge is -2.32. The van der Waals surface area contributed by atoms with E-state index in [0.717, 1.165) is 18.0 Å². The van der Waals surface area contributed by atoms with Crippen LogP contribution < -0.4 is 10.2 Å². The van der Waals surface area contributed by atoms with Crippen LogP contribution in [0.2, 0.25) is 0 Å². The summed E-state index contributed by atoms with van der Waals surface area (Å²) in [4.78, 5) is 7.07. The maximum absolute atomic E-state index is 4.61. The molecule has 100 valence electrons. The van der Waals surface area contributed by atoms with Gasteiger partial charge in [0.2, 0.25) is 0 Å². The third-order valence-electron chi connectivity index (χ3n) is 4.03. The van der Waals surface area contributed by atoms with Crippen LogP contribution in [0.5, 0.6) is 0 Å². The number of piperidine rings is 1. The number of nitrogens with one attached hydrogen (secondary N) is 1. The molecule has 1 unspecified atom stereocenters. The second kappa shape index (κ2) is 6.19. The number of rotatable bonds is 4. The molecule has 0 radical (unpaired) electrons. The van der Waals surface area contributed by atoms with Crippen LogP contribution in [0.15, 0.2) is 18.3 Å². The summed E-state index contributed by atoms with van der Waals surface area (Å²) < 4.78 is 0. The van der Waals surface area contributed by atoms with Crippen molar-refractivity contribution in [2.24, 2.45) is 5.92 Å². The topological polar surface area (TPSA) is 28.2 Å². The smallest absolute Gasteiger partial charge is 0.0574 e. The summed E-state index contributed by atoms with van der Waals surface area (Å²) in [6.45, 7) is 6.87. The molecule has 1 aliphatic rings. The van der Waals surface area contributed by atoms with Crippen molar-refractivity contribution >= 4 is 5.69 Å². The van der Waals surface area contributed by atoms with Crippen molar-refractivity contribution in [3.05, 3.63) is 24.0 Å². The van der Waals surface area contributed by atoms with E-state index >= 15 is 0 Å². The standard InChI is InChI=1S/C15H25N3/c1-4-14(16-3)15-6-5-13(11-17-15)18-9-7-12(2)8-10-18/h5-6,11-12,14,16H,4,7-10H2,1-3H3. The van der Waals surface area contributed by atoms with Gasteiger partial charge in [0.15, 0.2) is 0 Å². The molecule has 2 heterocycles. The van der Waals surface area contributed by atoms with Crippen LogP contribution in [0.1, 0.15) is 44.8 Å². The van der Waals surface area contributed by atoms with Crippen LogP contribution in [-0.2, 0) is 0 Å². The monoisotopic (exact) mass is 247 g/mol. The van der Waals surface area contributed by atoms with Crippen molar-refractivity contribution in [2.75, 3.05) is 25.0 Å². The van der Waals surface area contributed by atoms with Gasteiger partial charge in [-0.1, -0.05) is 13.8 Å². The predicted octanol–water partition coefficient (Wildman–Crippen LogP) is 2.99. The van der Waals surface area contributed by atoms with E-state index in [4.69, 9.17) is 0 Å². The van der Waals surface area contributed by atoms with Gasteiger partial charge in [-0.15, -0.1) is 0 Å². The van der Waals surface area contributed by atoms with Crippen LogP contribution in [-0.4, -0.2) is 25.1 Å². The molecule has 18 heavy (non-hydrogen) atoms. The zero-order valence-electron chi connectivity index (χ0n) is 11.8. The Labute approximate surface area is 111 Å². The van der Waals surface area contributed by atoms with E-state index in [1.807, 2.05) is 13.2 Å². The lowest BCUT2D eigenvalue weighted by molar-refractivity contribution is 0.438. The van der Waals surface area contributed by atoms with Crippen LogP contribution >= 0.6 is 0 Å². The second-order valence-corrected chi connectivity index (χ2v) is 5.36. The minimum absolute atomic E-state index is 0.375. The molecule has 0 aliphatic carbocycles. The third kappa shape index (κ3) is 3.02. The van der Waals surface area contributed by atoms with E-state index in [0.29, 0.717) is 6.04 Å². The third-order valence-corrected chi connectivity index (χ3v) is 4.03. The second-order valence-electron chi connectivity index (χ2n) is 5.36. The summed E-state index contributed by atoms with van der Waals surface area (Å²) in [6, 6.07) is 4.76. The first kappa shape index (κ1) is 13.3. The number of anilines is 1. The molecule has 3 nitrogen and oxygen atoms in total. The Morgan fingerprint density at radius 3 is 2.61 bits per heavy atom. The molecule has 1 aromatic heterocycles. The minimum atomic E-state index is 0.375. The Balaban J connectivity index is 2.03. The molecule has 0 saturated carbocycles. The summed E-state index contributed by atoms with van der Waals surface area (Å²) in [5.41, 5.74) is 2.42. The largest absolute Gasteiger partial charge is 0.370 e. The zero-order valence-corrected chi connectivity index (χ0v) is 11.8. The van der Waals surface area contributed by atoms with E-state index in [1.54, 1.807) is 0 Å². The van der Waals surface area contributed by atoms with Crippen LogP contribution in [0.25, 0.3) is 0 Å². The number of nitrogens with zero attached hydrogens (tertiary/aromatic N) is 2. The summed E-state index contributed by atoms with van der Waals surface area (Å²) in [7, 11) is 2.00. The number of aromatic nitrogens is 1. The number of hydrogen-bond acceptors (Lipinski definition) is 3. The summed E-state index contributed by atoms with van der Waals surface area (Å²) in [6.07, 6.45) is 5.71. The molecule has 1 aliphatic heterocycles. The van der Waals surface area contributed by atoms with Gasteiger partial charge >= 0.3 is 0 Å². The molecule has 1 fully saturated rings. The quantitative estimate of drug-likeness (QED) is 0.886. The van der Waals surface area contributed by atoms with Gasteiger partial charge in [-0.25, -0.2) is 0 Å². The normalized spacial score (nSPS) is 18.9.